The third-order valence-corrected chi connectivity index (χ3v) is 2.96. The van der Waals surface area contributed by atoms with Gasteiger partial charge in [0.05, 0.1) is 0 Å². The highest BCUT2D eigenvalue weighted by atomic mass is 35.5. The van der Waals surface area contributed by atoms with E-state index in [1.807, 2.05) is 0 Å². The molecule has 0 radical (unpaired) electrons. The van der Waals surface area contributed by atoms with Gasteiger partial charge in [-0.1, -0.05) is 31.9 Å². The van der Waals surface area contributed by atoms with Crippen molar-refractivity contribution in [1.82, 2.24) is 0 Å². The Labute approximate surface area is 81.0 Å². The second-order valence-electron chi connectivity index (χ2n) is 3.93. The van der Waals surface area contributed by atoms with Crippen LogP contribution in [0.4, 0.5) is 0 Å². The lowest BCUT2D eigenvalue weighted by Crippen LogP contribution is -2.09. The number of halogens is 1. The van der Waals surface area contributed by atoms with Crippen LogP contribution in [0.15, 0.2) is 12.2 Å². The Morgan fingerprint density at radius 3 is 2.50 bits per heavy atom. The Hall–Kier alpha value is 0.0300. The number of rotatable bonds is 3. The predicted octanol–water partition coefficient (Wildman–Crippen LogP) is 4.00. The Bertz CT molecular complexity index is 132. The van der Waals surface area contributed by atoms with E-state index >= 15 is 0 Å². The highest BCUT2D eigenvalue weighted by Gasteiger charge is 2.15. The molecule has 0 bridgehead atoms. The van der Waals surface area contributed by atoms with Gasteiger partial charge in [0.2, 0.25) is 0 Å². The molecule has 0 aromatic rings. The first-order valence-electron chi connectivity index (χ1n) is 5.05. The van der Waals surface area contributed by atoms with Crippen LogP contribution in [-0.2, 0) is 0 Å². The van der Waals surface area contributed by atoms with Crippen molar-refractivity contribution in [2.75, 3.05) is 5.88 Å². The zero-order chi connectivity index (χ0) is 8.81. The fraction of sp³-hybridized carbons (Fsp3) is 0.818. The van der Waals surface area contributed by atoms with Crippen LogP contribution < -0.4 is 0 Å². The second kappa shape index (κ2) is 5.64. The van der Waals surface area contributed by atoms with E-state index in [0.717, 1.165) is 24.1 Å². The summed E-state index contributed by atoms with van der Waals surface area (Å²) in [6.45, 7) is 2.36. The first kappa shape index (κ1) is 10.1. The normalized spacial score (nSPS) is 31.2. The smallest absolute Gasteiger partial charge is 0.0258 e. The maximum absolute atomic E-state index is 5.59. The van der Waals surface area contributed by atoms with Crippen LogP contribution in [-0.4, -0.2) is 5.88 Å². The lowest BCUT2D eigenvalue weighted by atomic mass is 9.83. The third-order valence-electron chi connectivity index (χ3n) is 2.74. The molecule has 1 aliphatic rings. The van der Waals surface area contributed by atoms with E-state index in [4.69, 9.17) is 11.6 Å². The molecule has 1 heteroatoms. The van der Waals surface area contributed by atoms with E-state index in [0.29, 0.717) is 0 Å². The molecule has 70 valence electrons. The van der Waals surface area contributed by atoms with Gasteiger partial charge in [-0.3, -0.25) is 0 Å². The lowest BCUT2D eigenvalue weighted by Gasteiger charge is -2.23. The van der Waals surface area contributed by atoms with Crippen molar-refractivity contribution >= 4 is 11.6 Å². The van der Waals surface area contributed by atoms with Gasteiger partial charge in [-0.25, -0.2) is 0 Å². The summed E-state index contributed by atoms with van der Waals surface area (Å²) in [6, 6.07) is 0. The summed E-state index contributed by atoms with van der Waals surface area (Å²) in [7, 11) is 0. The average molecular weight is 187 g/mol. The molecule has 1 rings (SSSR count). The fourth-order valence-corrected chi connectivity index (χ4v) is 1.96. The van der Waals surface area contributed by atoms with Crippen LogP contribution in [0, 0.1) is 11.8 Å². The number of allylic oxidation sites excluding steroid dienone is 2. The van der Waals surface area contributed by atoms with Crippen LogP contribution in [0.25, 0.3) is 0 Å². The van der Waals surface area contributed by atoms with Gasteiger partial charge in [0.15, 0.2) is 0 Å². The molecule has 0 N–H and O–H groups in total. The Balaban J connectivity index is 2.17. The molecule has 0 heterocycles. The van der Waals surface area contributed by atoms with E-state index in [-0.39, 0.29) is 0 Å². The van der Waals surface area contributed by atoms with Crippen LogP contribution in [0.5, 0.6) is 0 Å². The van der Waals surface area contributed by atoms with Crippen LogP contribution in [0.3, 0.4) is 0 Å². The second-order valence-corrected chi connectivity index (χ2v) is 4.30. The Kier molecular flexibility index (Phi) is 4.75. The molecule has 0 amide bonds. The summed E-state index contributed by atoms with van der Waals surface area (Å²) in [5.41, 5.74) is 0. The molecule has 1 saturated carbocycles. The average Bonchev–Trinajstić information content (AvgIpc) is 2.09. The van der Waals surface area contributed by atoms with Gasteiger partial charge >= 0.3 is 0 Å². The monoisotopic (exact) mass is 186 g/mol. The molecule has 0 nitrogen and oxygen atoms in total. The highest BCUT2D eigenvalue weighted by Crippen LogP contribution is 2.28. The van der Waals surface area contributed by atoms with Crippen LogP contribution in [0.1, 0.15) is 39.0 Å². The summed E-state index contributed by atoms with van der Waals surface area (Å²) in [5.74, 6) is 2.58. The van der Waals surface area contributed by atoms with Gasteiger partial charge in [-0.15, -0.1) is 11.6 Å². The van der Waals surface area contributed by atoms with Crippen molar-refractivity contribution in [3.63, 3.8) is 0 Å². The topological polar surface area (TPSA) is 0 Å². The first-order valence-corrected chi connectivity index (χ1v) is 5.59. The summed E-state index contributed by atoms with van der Waals surface area (Å²) in [4.78, 5) is 0. The highest BCUT2D eigenvalue weighted by molar-refractivity contribution is 6.17. The van der Waals surface area contributed by atoms with Gasteiger partial charge in [-0.2, -0.15) is 0 Å². The van der Waals surface area contributed by atoms with Crippen molar-refractivity contribution in [1.29, 1.82) is 0 Å². The van der Waals surface area contributed by atoms with Gasteiger partial charge in [0.25, 0.3) is 0 Å². The maximum atomic E-state index is 5.59. The third kappa shape index (κ3) is 3.62. The van der Waals surface area contributed by atoms with E-state index in [1.54, 1.807) is 0 Å². The zero-order valence-corrected chi connectivity index (χ0v) is 8.69. The minimum atomic E-state index is 0.764. The predicted molar refractivity (Wildman–Crippen MR) is 55.6 cm³/mol. The zero-order valence-electron chi connectivity index (χ0n) is 7.93. The molecule has 0 spiro atoms. The fourth-order valence-electron chi connectivity index (χ4n) is 1.83. The Morgan fingerprint density at radius 1 is 1.25 bits per heavy atom. The summed E-state index contributed by atoms with van der Waals surface area (Å²) >= 11 is 5.59. The largest absolute Gasteiger partial charge is 0.126 e. The van der Waals surface area contributed by atoms with Crippen molar-refractivity contribution < 1.29 is 0 Å². The summed E-state index contributed by atoms with van der Waals surface area (Å²) in [6.07, 6.45) is 11.3. The lowest BCUT2D eigenvalue weighted by molar-refractivity contribution is 0.330. The maximum Gasteiger partial charge on any atom is 0.0258 e. The molecule has 0 saturated heterocycles. The molecule has 12 heavy (non-hydrogen) atoms. The molecular formula is C11H19Cl. The van der Waals surface area contributed by atoms with Crippen LogP contribution in [0.2, 0.25) is 0 Å². The minimum Gasteiger partial charge on any atom is -0.126 e. The number of alkyl halides is 1. The quantitative estimate of drug-likeness (QED) is 0.462. The van der Waals surface area contributed by atoms with Gasteiger partial charge in [-0.05, 0) is 31.1 Å². The first-order chi connectivity index (χ1) is 5.83. The van der Waals surface area contributed by atoms with E-state index in [1.165, 1.54) is 25.7 Å². The van der Waals surface area contributed by atoms with Crippen molar-refractivity contribution in [3.8, 4) is 0 Å². The van der Waals surface area contributed by atoms with Crippen molar-refractivity contribution in [3.05, 3.63) is 12.2 Å². The molecule has 0 aromatic heterocycles. The summed E-state index contributed by atoms with van der Waals surface area (Å²) in [5, 5.41) is 0. The SMILES string of the molecule is CC1CCC(/C=C/CCCl)CC1. The van der Waals surface area contributed by atoms with Gasteiger partial charge < -0.3 is 0 Å². The van der Waals surface area contributed by atoms with Crippen molar-refractivity contribution in [2.45, 2.75) is 39.0 Å². The molecule has 1 fully saturated rings. The van der Waals surface area contributed by atoms with E-state index < -0.39 is 0 Å². The molecular weight excluding hydrogens is 168 g/mol. The summed E-state index contributed by atoms with van der Waals surface area (Å²) < 4.78 is 0. The minimum absolute atomic E-state index is 0.764. The van der Waals surface area contributed by atoms with Crippen molar-refractivity contribution in [2.24, 2.45) is 11.8 Å². The standard InChI is InChI=1S/C11H19Cl/c1-10-5-7-11(8-6-10)4-2-3-9-12/h2,4,10-11H,3,5-9H2,1H3/b4-2+. The van der Waals surface area contributed by atoms with Crippen LogP contribution >= 0.6 is 11.6 Å². The Morgan fingerprint density at radius 2 is 1.92 bits per heavy atom. The molecule has 0 unspecified atom stereocenters. The van der Waals surface area contributed by atoms with Gasteiger partial charge in [0.1, 0.15) is 0 Å². The number of hydrogen-bond donors (Lipinski definition) is 0. The van der Waals surface area contributed by atoms with E-state index in [2.05, 4.69) is 19.1 Å². The molecule has 1 aliphatic carbocycles. The molecule has 0 aromatic carbocycles. The number of hydrogen-bond acceptors (Lipinski definition) is 0. The van der Waals surface area contributed by atoms with Gasteiger partial charge in [0, 0.05) is 5.88 Å². The molecule has 0 atom stereocenters. The molecule has 0 aliphatic heterocycles. The van der Waals surface area contributed by atoms with E-state index in [9.17, 15) is 0 Å².